The number of nitrogens with zero attached hydrogens (tertiary/aromatic N) is 1. The Morgan fingerprint density at radius 3 is 3.13 bits per heavy atom. The lowest BCUT2D eigenvalue weighted by Crippen LogP contribution is -2.50. The summed E-state index contributed by atoms with van der Waals surface area (Å²) in [5.41, 5.74) is 0. The molecule has 2 rings (SSSR count). The molecule has 1 N–H and O–H groups in total. The Kier molecular flexibility index (Phi) is 4.42. The van der Waals surface area contributed by atoms with Crippen LogP contribution in [0.25, 0.3) is 0 Å². The van der Waals surface area contributed by atoms with Gasteiger partial charge in [-0.2, -0.15) is 0 Å². The summed E-state index contributed by atoms with van der Waals surface area (Å²) in [4.78, 5) is 2.70. The molecule has 0 aromatic rings. The SMILES string of the molecule is CCC1COCCN1C1CCCNCC1. The topological polar surface area (TPSA) is 24.5 Å². The summed E-state index contributed by atoms with van der Waals surface area (Å²) in [6.45, 7) is 7.70. The van der Waals surface area contributed by atoms with Gasteiger partial charge in [-0.05, 0) is 38.8 Å². The van der Waals surface area contributed by atoms with Crippen LogP contribution in [-0.4, -0.2) is 49.8 Å². The van der Waals surface area contributed by atoms with Crippen LogP contribution < -0.4 is 5.32 Å². The molecule has 2 aliphatic heterocycles. The van der Waals surface area contributed by atoms with Crippen molar-refractivity contribution in [2.24, 2.45) is 0 Å². The van der Waals surface area contributed by atoms with Gasteiger partial charge in [-0.3, -0.25) is 4.90 Å². The molecule has 88 valence electrons. The van der Waals surface area contributed by atoms with E-state index in [0.29, 0.717) is 6.04 Å². The van der Waals surface area contributed by atoms with Crippen LogP contribution in [0.2, 0.25) is 0 Å². The Morgan fingerprint density at radius 1 is 1.33 bits per heavy atom. The normalized spacial score (nSPS) is 35.0. The fourth-order valence-corrected chi connectivity index (χ4v) is 2.83. The Hall–Kier alpha value is -0.120. The maximum absolute atomic E-state index is 5.57. The van der Waals surface area contributed by atoms with Crippen molar-refractivity contribution in [3.05, 3.63) is 0 Å². The minimum atomic E-state index is 0.668. The lowest BCUT2D eigenvalue weighted by molar-refractivity contribution is -0.0322. The van der Waals surface area contributed by atoms with E-state index in [1.54, 1.807) is 0 Å². The Bertz CT molecular complexity index is 178. The highest BCUT2D eigenvalue weighted by molar-refractivity contribution is 4.83. The lowest BCUT2D eigenvalue weighted by Gasteiger charge is -2.40. The maximum Gasteiger partial charge on any atom is 0.0622 e. The Labute approximate surface area is 93.2 Å². The van der Waals surface area contributed by atoms with Crippen LogP contribution >= 0.6 is 0 Å². The number of ether oxygens (including phenoxy) is 1. The molecule has 0 aromatic carbocycles. The van der Waals surface area contributed by atoms with E-state index in [1.807, 2.05) is 0 Å². The van der Waals surface area contributed by atoms with E-state index in [1.165, 1.54) is 38.8 Å². The molecule has 0 aliphatic carbocycles. The number of rotatable bonds is 2. The van der Waals surface area contributed by atoms with Crippen molar-refractivity contribution in [3.8, 4) is 0 Å². The van der Waals surface area contributed by atoms with Crippen molar-refractivity contribution in [1.82, 2.24) is 10.2 Å². The molecule has 15 heavy (non-hydrogen) atoms. The molecule has 3 nitrogen and oxygen atoms in total. The first-order valence-electron chi connectivity index (χ1n) is 6.46. The van der Waals surface area contributed by atoms with E-state index in [2.05, 4.69) is 17.1 Å². The van der Waals surface area contributed by atoms with Crippen LogP contribution in [0.15, 0.2) is 0 Å². The average molecular weight is 212 g/mol. The predicted molar refractivity (Wildman–Crippen MR) is 62.1 cm³/mol. The van der Waals surface area contributed by atoms with Crippen molar-refractivity contribution in [2.45, 2.75) is 44.7 Å². The second-order valence-electron chi connectivity index (χ2n) is 4.71. The summed E-state index contributed by atoms with van der Waals surface area (Å²) in [6, 6.07) is 1.47. The second-order valence-corrected chi connectivity index (χ2v) is 4.71. The molecule has 3 heteroatoms. The zero-order valence-corrected chi connectivity index (χ0v) is 9.87. The van der Waals surface area contributed by atoms with Gasteiger partial charge in [0.2, 0.25) is 0 Å². The molecule has 2 unspecified atom stereocenters. The molecule has 0 radical (unpaired) electrons. The van der Waals surface area contributed by atoms with E-state index in [9.17, 15) is 0 Å². The fraction of sp³-hybridized carbons (Fsp3) is 1.00. The molecule has 0 bridgehead atoms. The third-order valence-corrected chi connectivity index (χ3v) is 3.76. The summed E-state index contributed by atoms with van der Waals surface area (Å²) < 4.78 is 5.57. The van der Waals surface area contributed by atoms with E-state index in [-0.39, 0.29) is 0 Å². The van der Waals surface area contributed by atoms with Gasteiger partial charge in [-0.25, -0.2) is 0 Å². The molecule has 0 saturated carbocycles. The third kappa shape index (κ3) is 2.92. The number of morpholine rings is 1. The van der Waals surface area contributed by atoms with Crippen LogP contribution in [0.5, 0.6) is 0 Å². The molecular weight excluding hydrogens is 188 g/mol. The minimum absolute atomic E-state index is 0.668. The smallest absolute Gasteiger partial charge is 0.0622 e. The van der Waals surface area contributed by atoms with E-state index in [4.69, 9.17) is 4.74 Å². The number of nitrogens with one attached hydrogen (secondary N) is 1. The molecule has 2 atom stereocenters. The summed E-state index contributed by atoms with van der Waals surface area (Å²) in [5, 5.41) is 3.49. The molecule has 0 aromatic heterocycles. The van der Waals surface area contributed by atoms with E-state index < -0.39 is 0 Å². The Balaban J connectivity index is 1.92. The summed E-state index contributed by atoms with van der Waals surface area (Å²) in [5.74, 6) is 0. The fourth-order valence-electron chi connectivity index (χ4n) is 2.83. The lowest BCUT2D eigenvalue weighted by atomic mass is 10.0. The molecular formula is C12H24N2O. The standard InChI is InChI=1S/C12H24N2O/c1-2-11-10-15-9-8-14(11)12-4-3-6-13-7-5-12/h11-13H,2-10H2,1H3. The maximum atomic E-state index is 5.57. The first kappa shape index (κ1) is 11.4. The van der Waals surface area contributed by atoms with Crippen molar-refractivity contribution < 1.29 is 4.74 Å². The van der Waals surface area contributed by atoms with Gasteiger partial charge in [0.25, 0.3) is 0 Å². The van der Waals surface area contributed by atoms with E-state index in [0.717, 1.165) is 25.8 Å². The molecule has 0 spiro atoms. The molecule has 2 heterocycles. The number of hydrogen-bond donors (Lipinski definition) is 1. The largest absolute Gasteiger partial charge is 0.378 e. The summed E-state index contributed by atoms with van der Waals surface area (Å²) >= 11 is 0. The highest BCUT2D eigenvalue weighted by atomic mass is 16.5. The van der Waals surface area contributed by atoms with Gasteiger partial charge in [0.1, 0.15) is 0 Å². The predicted octanol–water partition coefficient (Wildman–Crippen LogP) is 1.24. The average Bonchev–Trinajstić information content (AvgIpc) is 2.57. The van der Waals surface area contributed by atoms with Gasteiger partial charge in [-0.1, -0.05) is 6.92 Å². The van der Waals surface area contributed by atoms with Crippen molar-refractivity contribution >= 4 is 0 Å². The molecule has 2 saturated heterocycles. The van der Waals surface area contributed by atoms with Gasteiger partial charge >= 0.3 is 0 Å². The van der Waals surface area contributed by atoms with Crippen LogP contribution in [0.1, 0.15) is 32.6 Å². The van der Waals surface area contributed by atoms with Crippen LogP contribution in [0, 0.1) is 0 Å². The zero-order chi connectivity index (χ0) is 10.5. The van der Waals surface area contributed by atoms with Gasteiger partial charge in [0.05, 0.1) is 13.2 Å². The molecule has 0 amide bonds. The minimum Gasteiger partial charge on any atom is -0.378 e. The quantitative estimate of drug-likeness (QED) is 0.745. The number of hydrogen-bond acceptors (Lipinski definition) is 3. The molecule has 2 aliphatic rings. The van der Waals surface area contributed by atoms with Crippen molar-refractivity contribution in [3.63, 3.8) is 0 Å². The first-order valence-corrected chi connectivity index (χ1v) is 6.46. The first-order chi connectivity index (χ1) is 7.42. The van der Waals surface area contributed by atoms with Gasteiger partial charge in [0, 0.05) is 18.6 Å². The monoisotopic (exact) mass is 212 g/mol. The van der Waals surface area contributed by atoms with Gasteiger partial charge in [-0.15, -0.1) is 0 Å². The third-order valence-electron chi connectivity index (χ3n) is 3.76. The summed E-state index contributed by atoms with van der Waals surface area (Å²) in [6.07, 6.45) is 5.24. The second kappa shape index (κ2) is 5.83. The highest BCUT2D eigenvalue weighted by Crippen LogP contribution is 2.20. The summed E-state index contributed by atoms with van der Waals surface area (Å²) in [7, 11) is 0. The van der Waals surface area contributed by atoms with Crippen LogP contribution in [-0.2, 0) is 4.74 Å². The van der Waals surface area contributed by atoms with Crippen LogP contribution in [0.3, 0.4) is 0 Å². The van der Waals surface area contributed by atoms with E-state index >= 15 is 0 Å². The zero-order valence-electron chi connectivity index (χ0n) is 9.87. The van der Waals surface area contributed by atoms with Gasteiger partial charge in [0.15, 0.2) is 0 Å². The Morgan fingerprint density at radius 2 is 2.27 bits per heavy atom. The van der Waals surface area contributed by atoms with Crippen LogP contribution in [0.4, 0.5) is 0 Å². The van der Waals surface area contributed by atoms with Crippen molar-refractivity contribution in [2.75, 3.05) is 32.8 Å². The van der Waals surface area contributed by atoms with Crippen molar-refractivity contribution in [1.29, 1.82) is 0 Å². The highest BCUT2D eigenvalue weighted by Gasteiger charge is 2.28. The van der Waals surface area contributed by atoms with Gasteiger partial charge < -0.3 is 10.1 Å². The molecule has 2 fully saturated rings.